The Morgan fingerprint density at radius 1 is 1.55 bits per heavy atom. The Morgan fingerprint density at radius 2 is 2.25 bits per heavy atom. The van der Waals surface area contributed by atoms with Crippen LogP contribution in [-0.2, 0) is 11.2 Å². The Labute approximate surface area is 113 Å². The molecule has 1 unspecified atom stereocenters. The number of aromatic nitrogens is 1. The van der Waals surface area contributed by atoms with Gasteiger partial charge in [-0.15, -0.1) is 0 Å². The van der Waals surface area contributed by atoms with Crippen LogP contribution in [0.25, 0.3) is 10.9 Å². The smallest absolute Gasteiger partial charge is 0.387 e. The third-order valence-electron chi connectivity index (χ3n) is 3.01. The highest BCUT2D eigenvalue weighted by atomic mass is 19.3. The van der Waals surface area contributed by atoms with Gasteiger partial charge < -0.3 is 20.6 Å². The Kier molecular flexibility index (Phi) is 3.63. The van der Waals surface area contributed by atoms with Crippen LogP contribution in [0, 0.1) is 0 Å². The van der Waals surface area contributed by atoms with Crippen LogP contribution in [0.3, 0.4) is 0 Å². The lowest BCUT2D eigenvalue weighted by atomic mass is 9.94. The maximum atomic E-state index is 12.2. The number of H-pyrrole nitrogens is 1. The summed E-state index contributed by atoms with van der Waals surface area (Å²) in [5.74, 6) is -1.12. The molecule has 20 heavy (non-hydrogen) atoms. The second-order valence-corrected chi connectivity index (χ2v) is 4.80. The lowest BCUT2D eigenvalue weighted by molar-refractivity contribution is -0.142. The van der Waals surface area contributed by atoms with Gasteiger partial charge in [0.25, 0.3) is 0 Å². The van der Waals surface area contributed by atoms with Gasteiger partial charge in [0, 0.05) is 23.5 Å². The molecule has 0 fully saturated rings. The minimum absolute atomic E-state index is 0.0161. The zero-order chi connectivity index (χ0) is 14.9. The Balaban J connectivity index is 2.37. The number of hydrogen-bond donors (Lipinski definition) is 3. The Bertz CT molecular complexity index is 638. The van der Waals surface area contributed by atoms with Gasteiger partial charge in [-0.2, -0.15) is 8.78 Å². The predicted molar refractivity (Wildman–Crippen MR) is 68.9 cm³/mol. The fraction of sp³-hybridized carbons (Fsp3) is 0.308. The maximum absolute atomic E-state index is 12.2. The van der Waals surface area contributed by atoms with Gasteiger partial charge in [-0.1, -0.05) is 0 Å². The molecule has 2 aromatic rings. The van der Waals surface area contributed by atoms with Gasteiger partial charge in [0.05, 0.1) is 0 Å². The van der Waals surface area contributed by atoms with Crippen molar-refractivity contribution in [3.63, 3.8) is 0 Å². The van der Waals surface area contributed by atoms with E-state index in [-0.39, 0.29) is 12.2 Å². The molecular weight excluding hydrogens is 270 g/mol. The van der Waals surface area contributed by atoms with Crippen molar-refractivity contribution in [3.8, 4) is 5.75 Å². The van der Waals surface area contributed by atoms with Crippen LogP contribution < -0.4 is 10.5 Å². The molecule has 0 saturated heterocycles. The molecule has 0 aliphatic carbocycles. The first kappa shape index (κ1) is 14.3. The molecule has 108 valence electrons. The summed E-state index contributed by atoms with van der Waals surface area (Å²) in [6, 6.07) is 4.43. The number of benzene rings is 1. The number of carbonyl (C=O) groups is 1. The number of nitrogens with two attached hydrogens (primary N) is 1. The van der Waals surface area contributed by atoms with Gasteiger partial charge in [0.2, 0.25) is 0 Å². The van der Waals surface area contributed by atoms with Crippen molar-refractivity contribution in [2.75, 3.05) is 0 Å². The van der Waals surface area contributed by atoms with Crippen molar-refractivity contribution < 1.29 is 23.4 Å². The molecule has 1 heterocycles. The monoisotopic (exact) mass is 284 g/mol. The minimum Gasteiger partial charge on any atom is -0.480 e. The summed E-state index contributed by atoms with van der Waals surface area (Å²) in [7, 11) is 0. The first-order chi connectivity index (χ1) is 9.29. The van der Waals surface area contributed by atoms with Gasteiger partial charge in [-0.3, -0.25) is 4.79 Å². The summed E-state index contributed by atoms with van der Waals surface area (Å²) in [5, 5.41) is 9.64. The van der Waals surface area contributed by atoms with E-state index in [1.807, 2.05) is 0 Å². The van der Waals surface area contributed by atoms with E-state index in [0.29, 0.717) is 16.5 Å². The lowest BCUT2D eigenvalue weighted by Gasteiger charge is -2.18. The van der Waals surface area contributed by atoms with Crippen molar-refractivity contribution in [1.82, 2.24) is 4.98 Å². The number of rotatable bonds is 5. The van der Waals surface area contributed by atoms with E-state index in [0.717, 1.165) is 0 Å². The number of alkyl halides is 2. The van der Waals surface area contributed by atoms with Gasteiger partial charge in [-0.05, 0) is 30.7 Å². The van der Waals surface area contributed by atoms with Gasteiger partial charge in [-0.25, -0.2) is 0 Å². The summed E-state index contributed by atoms with van der Waals surface area (Å²) in [6.45, 7) is -1.51. The summed E-state index contributed by atoms with van der Waals surface area (Å²) in [5.41, 5.74) is 5.59. The molecule has 4 N–H and O–H groups in total. The standard InChI is InChI=1S/C13H14F2N2O3/c1-13(16,11(18)19)5-7-6-17-10-3-2-8(4-9(7)10)20-12(14)15/h2-4,6,12,17H,5,16H2,1H3,(H,18,19). The largest absolute Gasteiger partial charge is 0.480 e. The second kappa shape index (κ2) is 5.09. The first-order valence-corrected chi connectivity index (χ1v) is 5.87. The average Bonchev–Trinajstić information content (AvgIpc) is 2.70. The fourth-order valence-electron chi connectivity index (χ4n) is 1.95. The van der Waals surface area contributed by atoms with Crippen LogP contribution in [0.1, 0.15) is 12.5 Å². The number of ether oxygens (including phenoxy) is 1. The highest BCUT2D eigenvalue weighted by Crippen LogP contribution is 2.26. The summed E-state index contributed by atoms with van der Waals surface area (Å²) >= 11 is 0. The van der Waals surface area contributed by atoms with Crippen LogP contribution in [0.4, 0.5) is 8.78 Å². The predicted octanol–water partition coefficient (Wildman–Crippen LogP) is 2.11. The van der Waals surface area contributed by atoms with Crippen LogP contribution >= 0.6 is 0 Å². The molecule has 0 aliphatic rings. The number of fused-ring (bicyclic) bond motifs is 1. The molecule has 0 aliphatic heterocycles. The fourth-order valence-corrected chi connectivity index (χ4v) is 1.95. The van der Waals surface area contributed by atoms with Crippen LogP contribution in [0.2, 0.25) is 0 Å². The highest BCUT2D eigenvalue weighted by molar-refractivity contribution is 5.86. The van der Waals surface area contributed by atoms with E-state index in [1.54, 1.807) is 12.3 Å². The van der Waals surface area contributed by atoms with Crippen LogP contribution in [0.5, 0.6) is 5.75 Å². The van der Waals surface area contributed by atoms with Gasteiger partial charge >= 0.3 is 12.6 Å². The molecule has 2 rings (SSSR count). The van der Waals surface area contributed by atoms with E-state index < -0.39 is 18.1 Å². The number of carboxylic acids is 1. The normalized spacial score (nSPS) is 14.4. The number of hydrogen-bond acceptors (Lipinski definition) is 3. The second-order valence-electron chi connectivity index (χ2n) is 4.80. The van der Waals surface area contributed by atoms with Crippen molar-refractivity contribution in [3.05, 3.63) is 30.0 Å². The minimum atomic E-state index is -2.91. The molecular formula is C13H14F2N2O3. The van der Waals surface area contributed by atoms with E-state index in [2.05, 4.69) is 9.72 Å². The van der Waals surface area contributed by atoms with Crippen molar-refractivity contribution in [1.29, 1.82) is 0 Å². The first-order valence-electron chi connectivity index (χ1n) is 5.87. The summed E-state index contributed by atoms with van der Waals surface area (Å²) in [4.78, 5) is 14.0. The molecule has 0 amide bonds. The quantitative estimate of drug-likeness (QED) is 0.784. The zero-order valence-corrected chi connectivity index (χ0v) is 10.7. The molecule has 0 spiro atoms. The van der Waals surface area contributed by atoms with Crippen molar-refractivity contribution in [2.24, 2.45) is 5.73 Å². The molecule has 1 aromatic carbocycles. The van der Waals surface area contributed by atoms with E-state index >= 15 is 0 Å². The number of halogens is 2. The molecule has 1 aromatic heterocycles. The maximum Gasteiger partial charge on any atom is 0.387 e. The number of nitrogens with one attached hydrogen (secondary N) is 1. The summed E-state index contributed by atoms with van der Waals surface area (Å²) in [6.07, 6.45) is 1.69. The zero-order valence-electron chi connectivity index (χ0n) is 10.7. The summed E-state index contributed by atoms with van der Waals surface area (Å²) < 4.78 is 28.7. The third kappa shape index (κ3) is 2.88. The molecule has 5 nitrogen and oxygen atoms in total. The Morgan fingerprint density at radius 3 is 2.85 bits per heavy atom. The SMILES string of the molecule is CC(N)(Cc1c[nH]c2ccc(OC(F)F)cc12)C(=O)O. The number of carboxylic acid groups (broad SMARTS) is 1. The van der Waals surface area contributed by atoms with Crippen molar-refractivity contribution >= 4 is 16.9 Å². The van der Waals surface area contributed by atoms with Crippen molar-refractivity contribution in [2.45, 2.75) is 25.5 Å². The van der Waals surface area contributed by atoms with E-state index in [9.17, 15) is 13.6 Å². The van der Waals surface area contributed by atoms with Gasteiger partial charge in [0.1, 0.15) is 11.3 Å². The molecule has 0 radical (unpaired) electrons. The molecule has 1 atom stereocenters. The van der Waals surface area contributed by atoms with Gasteiger partial charge in [0.15, 0.2) is 0 Å². The van der Waals surface area contributed by atoms with E-state index in [4.69, 9.17) is 10.8 Å². The Hall–Kier alpha value is -2.15. The molecule has 0 saturated carbocycles. The average molecular weight is 284 g/mol. The van der Waals surface area contributed by atoms with Crippen LogP contribution in [0.15, 0.2) is 24.4 Å². The van der Waals surface area contributed by atoms with E-state index in [1.165, 1.54) is 19.1 Å². The number of aromatic amines is 1. The van der Waals surface area contributed by atoms with Crippen LogP contribution in [-0.4, -0.2) is 28.2 Å². The topological polar surface area (TPSA) is 88.3 Å². The lowest BCUT2D eigenvalue weighted by Crippen LogP contribution is -2.46. The third-order valence-corrected chi connectivity index (χ3v) is 3.01. The molecule has 7 heteroatoms. The highest BCUT2D eigenvalue weighted by Gasteiger charge is 2.29. The number of aliphatic carboxylic acids is 1. The molecule has 0 bridgehead atoms.